The van der Waals surface area contributed by atoms with Crippen LogP contribution in [-0.4, -0.2) is 12.0 Å². The van der Waals surface area contributed by atoms with Gasteiger partial charge in [0, 0.05) is 23.6 Å². The van der Waals surface area contributed by atoms with Crippen LogP contribution in [0.4, 0.5) is 0 Å². The number of carbonyl (C=O) groups excluding carboxylic acids is 1. The number of hydrogen-bond donors (Lipinski definition) is 1. The van der Waals surface area contributed by atoms with Crippen molar-refractivity contribution < 1.29 is 4.79 Å². The number of nitrogens with one attached hydrogen (secondary N) is 1. The molecule has 1 atom stereocenters. The standard InChI is InChI=1S/C14H13NO/c1-8-2-5-11-12(15)6-9-3-4-10(7-16)13(8)14(9)11/h2-4,7,11,15H,5-6H2,1H3. The van der Waals surface area contributed by atoms with Crippen LogP contribution in [0.5, 0.6) is 0 Å². The van der Waals surface area contributed by atoms with Gasteiger partial charge in [-0.25, -0.2) is 0 Å². The number of allylic oxidation sites excluding steroid dienone is 2. The second-order valence-corrected chi connectivity index (χ2v) is 4.60. The maximum absolute atomic E-state index is 11.1. The molecule has 2 aliphatic carbocycles. The first-order valence-electron chi connectivity index (χ1n) is 5.57. The van der Waals surface area contributed by atoms with E-state index >= 15 is 0 Å². The molecule has 2 nitrogen and oxygen atoms in total. The first kappa shape index (κ1) is 9.52. The lowest BCUT2D eigenvalue weighted by Gasteiger charge is -2.22. The zero-order valence-corrected chi connectivity index (χ0v) is 9.21. The van der Waals surface area contributed by atoms with E-state index in [2.05, 4.69) is 13.0 Å². The number of benzene rings is 1. The lowest BCUT2D eigenvalue weighted by Crippen LogP contribution is -2.10. The van der Waals surface area contributed by atoms with Crippen LogP contribution in [0.3, 0.4) is 0 Å². The molecule has 1 N–H and O–H groups in total. The molecule has 1 unspecified atom stereocenters. The smallest absolute Gasteiger partial charge is 0.150 e. The average Bonchev–Trinajstić information content (AvgIpc) is 2.61. The van der Waals surface area contributed by atoms with E-state index in [9.17, 15) is 4.79 Å². The minimum atomic E-state index is 0.230. The summed E-state index contributed by atoms with van der Waals surface area (Å²) in [6.07, 6.45) is 4.77. The Morgan fingerprint density at radius 1 is 1.44 bits per heavy atom. The predicted octanol–water partition coefficient (Wildman–Crippen LogP) is 2.97. The van der Waals surface area contributed by atoms with Gasteiger partial charge in [-0.05, 0) is 35.6 Å². The maximum atomic E-state index is 11.1. The summed E-state index contributed by atoms with van der Waals surface area (Å²) in [5, 5.41) is 8.00. The molecule has 0 saturated heterocycles. The molecule has 0 aliphatic heterocycles. The molecule has 0 bridgehead atoms. The summed E-state index contributed by atoms with van der Waals surface area (Å²) in [7, 11) is 0. The van der Waals surface area contributed by atoms with E-state index in [1.54, 1.807) is 0 Å². The number of rotatable bonds is 1. The van der Waals surface area contributed by atoms with E-state index in [0.29, 0.717) is 0 Å². The van der Waals surface area contributed by atoms with Crippen molar-refractivity contribution >= 4 is 17.6 Å². The van der Waals surface area contributed by atoms with Gasteiger partial charge in [0.15, 0.2) is 6.29 Å². The third-order valence-electron chi connectivity index (χ3n) is 3.70. The van der Waals surface area contributed by atoms with Crippen LogP contribution in [0, 0.1) is 5.41 Å². The van der Waals surface area contributed by atoms with Crippen LogP contribution in [0.25, 0.3) is 5.57 Å². The summed E-state index contributed by atoms with van der Waals surface area (Å²) in [5.41, 5.74) is 6.32. The normalized spacial score (nSPS) is 21.7. The lowest BCUT2D eigenvalue weighted by atomic mass is 9.82. The van der Waals surface area contributed by atoms with Gasteiger partial charge < -0.3 is 5.41 Å². The summed E-state index contributed by atoms with van der Waals surface area (Å²) in [6.45, 7) is 2.06. The van der Waals surface area contributed by atoms with Crippen molar-refractivity contribution in [2.45, 2.75) is 25.7 Å². The zero-order chi connectivity index (χ0) is 11.3. The second kappa shape index (κ2) is 3.14. The SMILES string of the molecule is CC1=CCC2C(=N)Cc3ccc(C=O)c1c32. The first-order valence-corrected chi connectivity index (χ1v) is 5.57. The molecule has 0 spiro atoms. The molecule has 0 saturated carbocycles. The van der Waals surface area contributed by atoms with Crippen molar-refractivity contribution in [1.82, 2.24) is 0 Å². The third kappa shape index (κ3) is 1.07. The van der Waals surface area contributed by atoms with E-state index in [4.69, 9.17) is 5.41 Å². The molecule has 2 aliphatic rings. The fourth-order valence-electron chi connectivity index (χ4n) is 2.93. The highest BCUT2D eigenvalue weighted by Crippen LogP contribution is 2.43. The van der Waals surface area contributed by atoms with E-state index in [0.717, 1.165) is 36.0 Å². The van der Waals surface area contributed by atoms with Gasteiger partial charge in [-0.15, -0.1) is 0 Å². The fraction of sp³-hybridized carbons (Fsp3) is 0.286. The predicted molar refractivity (Wildman–Crippen MR) is 64.3 cm³/mol. The van der Waals surface area contributed by atoms with Crippen molar-refractivity contribution in [3.8, 4) is 0 Å². The molecule has 0 radical (unpaired) electrons. The van der Waals surface area contributed by atoms with Gasteiger partial charge in [0.1, 0.15) is 0 Å². The highest BCUT2D eigenvalue weighted by molar-refractivity contribution is 6.00. The largest absolute Gasteiger partial charge is 0.309 e. The first-order chi connectivity index (χ1) is 7.72. The molecule has 2 heteroatoms. The fourth-order valence-corrected chi connectivity index (χ4v) is 2.93. The summed E-state index contributed by atoms with van der Waals surface area (Å²) < 4.78 is 0. The van der Waals surface area contributed by atoms with E-state index in [1.807, 2.05) is 12.1 Å². The molecule has 0 amide bonds. The maximum Gasteiger partial charge on any atom is 0.150 e. The summed E-state index contributed by atoms with van der Waals surface area (Å²) in [4.78, 5) is 11.1. The van der Waals surface area contributed by atoms with Crippen molar-refractivity contribution in [1.29, 1.82) is 5.41 Å². The Morgan fingerprint density at radius 3 is 3.00 bits per heavy atom. The molecule has 0 fully saturated rings. The molecule has 0 aromatic heterocycles. The van der Waals surface area contributed by atoms with Crippen molar-refractivity contribution in [2.24, 2.45) is 0 Å². The Morgan fingerprint density at radius 2 is 2.25 bits per heavy atom. The van der Waals surface area contributed by atoms with Gasteiger partial charge in [0.05, 0.1) is 0 Å². The molecular weight excluding hydrogens is 198 g/mol. The Bertz CT molecular complexity index is 540. The van der Waals surface area contributed by atoms with Crippen LogP contribution in [0.2, 0.25) is 0 Å². The van der Waals surface area contributed by atoms with Gasteiger partial charge in [-0.3, -0.25) is 4.79 Å². The minimum absolute atomic E-state index is 0.230. The van der Waals surface area contributed by atoms with Crippen molar-refractivity contribution in [2.75, 3.05) is 0 Å². The summed E-state index contributed by atoms with van der Waals surface area (Å²) >= 11 is 0. The third-order valence-corrected chi connectivity index (χ3v) is 3.70. The Kier molecular flexibility index (Phi) is 1.87. The minimum Gasteiger partial charge on any atom is -0.309 e. The second-order valence-electron chi connectivity index (χ2n) is 4.60. The van der Waals surface area contributed by atoms with Crippen LogP contribution in [0.15, 0.2) is 18.2 Å². The van der Waals surface area contributed by atoms with Crippen molar-refractivity contribution in [3.63, 3.8) is 0 Å². The van der Waals surface area contributed by atoms with E-state index in [1.165, 1.54) is 16.7 Å². The lowest BCUT2D eigenvalue weighted by molar-refractivity contribution is 0.112. The number of hydrogen-bond acceptors (Lipinski definition) is 2. The molecule has 1 aromatic carbocycles. The quantitative estimate of drug-likeness (QED) is 0.713. The average molecular weight is 211 g/mol. The highest BCUT2D eigenvalue weighted by Gasteiger charge is 2.33. The summed E-state index contributed by atoms with van der Waals surface area (Å²) in [5.74, 6) is 0.230. The number of carbonyl (C=O) groups is 1. The molecular formula is C14H13NO. The van der Waals surface area contributed by atoms with Crippen molar-refractivity contribution in [3.05, 3.63) is 40.5 Å². The van der Waals surface area contributed by atoms with Gasteiger partial charge in [0.2, 0.25) is 0 Å². The molecule has 1 aromatic rings. The van der Waals surface area contributed by atoms with Gasteiger partial charge >= 0.3 is 0 Å². The molecule has 0 heterocycles. The topological polar surface area (TPSA) is 40.9 Å². The molecule has 16 heavy (non-hydrogen) atoms. The zero-order valence-electron chi connectivity index (χ0n) is 9.21. The van der Waals surface area contributed by atoms with Gasteiger partial charge in [0.25, 0.3) is 0 Å². The Hall–Kier alpha value is -1.70. The number of aldehydes is 1. The monoisotopic (exact) mass is 211 g/mol. The van der Waals surface area contributed by atoms with Crippen LogP contribution < -0.4 is 0 Å². The Balaban J connectivity index is 2.36. The Labute approximate surface area is 94.5 Å². The molecule has 3 rings (SSSR count). The van der Waals surface area contributed by atoms with Crippen LogP contribution >= 0.6 is 0 Å². The van der Waals surface area contributed by atoms with E-state index in [-0.39, 0.29) is 5.92 Å². The molecule has 80 valence electrons. The van der Waals surface area contributed by atoms with E-state index < -0.39 is 0 Å². The summed E-state index contributed by atoms with van der Waals surface area (Å²) in [6, 6.07) is 3.90. The van der Waals surface area contributed by atoms with Crippen LogP contribution in [0.1, 0.15) is 46.3 Å². The van der Waals surface area contributed by atoms with Gasteiger partial charge in [-0.2, -0.15) is 0 Å². The highest BCUT2D eigenvalue weighted by atomic mass is 16.1. The van der Waals surface area contributed by atoms with Gasteiger partial charge in [-0.1, -0.05) is 18.2 Å². The van der Waals surface area contributed by atoms with Crippen LogP contribution in [-0.2, 0) is 6.42 Å².